The lowest BCUT2D eigenvalue weighted by molar-refractivity contribution is -0.0931. The van der Waals surface area contributed by atoms with E-state index in [4.69, 9.17) is 25.3 Å². The second-order valence-corrected chi connectivity index (χ2v) is 5.81. The summed E-state index contributed by atoms with van der Waals surface area (Å²) >= 11 is 0. The third kappa shape index (κ3) is 7.53. The van der Waals surface area contributed by atoms with E-state index in [2.05, 4.69) is 9.58 Å². The third-order valence-electron chi connectivity index (χ3n) is 3.72. The van der Waals surface area contributed by atoms with Crippen LogP contribution in [-0.2, 0) is 14.2 Å². The van der Waals surface area contributed by atoms with E-state index in [1.807, 2.05) is 0 Å². The molecule has 0 aromatic heterocycles. The molecule has 0 bridgehead atoms. The number of hydrogen-bond donors (Lipinski definition) is 2. The van der Waals surface area contributed by atoms with Crippen LogP contribution in [0.2, 0.25) is 0 Å². The predicted molar refractivity (Wildman–Crippen MR) is 95.2 cm³/mol. The van der Waals surface area contributed by atoms with E-state index in [9.17, 15) is 10.2 Å². The minimum atomic E-state index is -1.02. The molecule has 0 saturated carbocycles. The molecule has 2 aliphatic carbocycles. The van der Waals surface area contributed by atoms with Gasteiger partial charge in [0.2, 0.25) is 0 Å². The van der Waals surface area contributed by atoms with Crippen LogP contribution in [0.25, 0.3) is 11.1 Å². The van der Waals surface area contributed by atoms with Gasteiger partial charge in [0.05, 0.1) is 26.1 Å². The van der Waals surface area contributed by atoms with E-state index in [1.54, 1.807) is 36.5 Å². The van der Waals surface area contributed by atoms with Crippen LogP contribution >= 0.6 is 0 Å². The van der Waals surface area contributed by atoms with Gasteiger partial charge < -0.3 is 35.5 Å². The van der Waals surface area contributed by atoms with Gasteiger partial charge in [-0.1, -0.05) is 0 Å². The Morgan fingerprint density at radius 3 is 1.59 bits per heavy atom. The van der Waals surface area contributed by atoms with E-state index >= 15 is 0 Å². The molecule has 0 radical (unpaired) electrons. The Kier molecular flexibility index (Phi) is 8.38. The summed E-state index contributed by atoms with van der Waals surface area (Å²) in [6, 6.07) is 0. The summed E-state index contributed by atoms with van der Waals surface area (Å²) in [5.41, 5.74) is 18.3. The van der Waals surface area contributed by atoms with E-state index < -0.39 is 12.6 Å². The smallest absolute Gasteiger partial charge is 0.296 e. The number of aliphatic hydroxyl groups is 2. The fourth-order valence-corrected chi connectivity index (χ4v) is 2.26. The van der Waals surface area contributed by atoms with E-state index in [0.717, 1.165) is 0 Å². The molecule has 2 N–H and O–H groups in total. The molecule has 9 heteroatoms. The number of rotatable bonds is 10. The molecule has 0 aromatic rings. The van der Waals surface area contributed by atoms with Gasteiger partial charge in [-0.25, -0.2) is 0 Å². The van der Waals surface area contributed by atoms with Crippen molar-refractivity contribution in [3.63, 3.8) is 0 Å². The molecular weight excluding hydrogens is 352 g/mol. The van der Waals surface area contributed by atoms with Gasteiger partial charge in [0.15, 0.2) is 12.6 Å². The van der Waals surface area contributed by atoms with Crippen molar-refractivity contribution in [3.8, 4) is 0 Å². The maximum atomic E-state index is 9.82. The van der Waals surface area contributed by atoms with Gasteiger partial charge in [-0.3, -0.25) is 0 Å². The normalized spacial score (nSPS) is 18.1. The van der Waals surface area contributed by atoms with Crippen molar-refractivity contribution >= 4 is 11.4 Å². The van der Waals surface area contributed by atoms with Crippen molar-refractivity contribution in [2.24, 2.45) is 0 Å². The number of allylic oxidation sites excluding steroid dienone is 6. The first-order valence-corrected chi connectivity index (χ1v) is 8.56. The zero-order chi connectivity index (χ0) is 19.5. The monoisotopic (exact) mass is 374 g/mol. The molecule has 0 amide bonds. The highest BCUT2D eigenvalue weighted by Crippen LogP contribution is 2.13. The van der Waals surface area contributed by atoms with Crippen molar-refractivity contribution in [1.82, 2.24) is 0 Å². The number of ether oxygens (including phenoxy) is 3. The lowest BCUT2D eigenvalue weighted by Gasteiger charge is -2.17. The first kappa shape index (κ1) is 20.5. The zero-order valence-corrected chi connectivity index (χ0v) is 14.8. The maximum Gasteiger partial charge on any atom is 0.296 e. The Labute approximate surface area is 156 Å². The van der Waals surface area contributed by atoms with Crippen LogP contribution in [0.15, 0.2) is 48.0 Å². The molecule has 0 aliphatic heterocycles. The fourth-order valence-electron chi connectivity index (χ4n) is 2.26. The molecule has 0 heterocycles. The molecule has 2 unspecified atom stereocenters. The summed E-state index contributed by atoms with van der Waals surface area (Å²) < 4.78 is 16.0. The lowest BCUT2D eigenvalue weighted by Crippen LogP contribution is -2.18. The molecule has 2 atom stereocenters. The van der Waals surface area contributed by atoms with Gasteiger partial charge in [0.1, 0.15) is 11.5 Å². The van der Waals surface area contributed by atoms with E-state index in [0.29, 0.717) is 35.8 Å². The second kappa shape index (κ2) is 11.0. The third-order valence-corrected chi connectivity index (χ3v) is 3.72. The first-order chi connectivity index (χ1) is 13.1. The minimum Gasteiger partial charge on any atom is -0.465 e. The van der Waals surface area contributed by atoms with Gasteiger partial charge in [-0.2, -0.15) is 9.58 Å². The van der Waals surface area contributed by atoms with Gasteiger partial charge in [0.25, 0.3) is 11.4 Å². The lowest BCUT2D eigenvalue weighted by atomic mass is 10.1. The Bertz CT molecular complexity index is 681. The molecular formula is C18H22N4O5. The van der Waals surface area contributed by atoms with Crippen molar-refractivity contribution in [3.05, 3.63) is 59.0 Å². The molecule has 9 nitrogen and oxygen atoms in total. The summed E-state index contributed by atoms with van der Waals surface area (Å²) in [6.07, 6.45) is 9.20. The molecule has 2 aliphatic rings. The molecule has 0 aromatic carbocycles. The average Bonchev–Trinajstić information content (AvgIpc) is 2.69. The van der Waals surface area contributed by atoms with E-state index in [-0.39, 0.29) is 26.1 Å². The van der Waals surface area contributed by atoms with Crippen LogP contribution in [0, 0.1) is 0 Å². The topological polar surface area (TPSA) is 141 Å². The van der Waals surface area contributed by atoms with Crippen LogP contribution in [0.4, 0.5) is 0 Å². The van der Waals surface area contributed by atoms with Crippen LogP contribution < -0.4 is 0 Å². The van der Waals surface area contributed by atoms with Crippen LogP contribution in [0.1, 0.15) is 25.7 Å². The Hall–Kier alpha value is -2.80. The van der Waals surface area contributed by atoms with Crippen molar-refractivity contribution in [2.75, 3.05) is 13.2 Å². The molecule has 27 heavy (non-hydrogen) atoms. The minimum absolute atomic E-state index is 0.257. The zero-order valence-electron chi connectivity index (χ0n) is 14.8. The van der Waals surface area contributed by atoms with Gasteiger partial charge in [-0.15, -0.1) is 0 Å². The van der Waals surface area contributed by atoms with Crippen LogP contribution in [0.3, 0.4) is 0 Å². The largest absolute Gasteiger partial charge is 0.465 e. The fraction of sp³-hybridized carbons (Fsp3) is 0.444. The summed E-state index contributed by atoms with van der Waals surface area (Å²) in [4.78, 5) is 6.17. The van der Waals surface area contributed by atoms with Crippen LogP contribution in [-0.4, -0.2) is 57.0 Å². The summed E-state index contributed by atoms with van der Waals surface area (Å²) in [7, 11) is 0. The molecule has 0 saturated heterocycles. The highest BCUT2D eigenvalue weighted by Gasteiger charge is 2.14. The maximum absolute atomic E-state index is 9.82. The van der Waals surface area contributed by atoms with E-state index in [1.165, 1.54) is 0 Å². The Balaban J connectivity index is 1.55. The SMILES string of the molecule is [N-]=[N+]=C1C=CC(OC(O)CCOCCC(O)OC2=CCC(=[N+]=[N-])C=C2)=CC1. The van der Waals surface area contributed by atoms with Gasteiger partial charge in [0, 0.05) is 25.0 Å². The number of hydrogen-bond acceptors (Lipinski definition) is 5. The predicted octanol–water partition coefficient (Wildman–Crippen LogP) is 1.48. The van der Waals surface area contributed by atoms with Crippen molar-refractivity contribution in [1.29, 1.82) is 0 Å². The molecule has 144 valence electrons. The summed E-state index contributed by atoms with van der Waals surface area (Å²) in [6.45, 7) is 0.514. The first-order valence-electron chi connectivity index (χ1n) is 8.56. The number of aliphatic hydroxyl groups excluding tert-OH is 2. The van der Waals surface area contributed by atoms with Crippen LogP contribution in [0.5, 0.6) is 0 Å². The average molecular weight is 374 g/mol. The Morgan fingerprint density at radius 1 is 0.815 bits per heavy atom. The molecule has 0 spiro atoms. The second-order valence-electron chi connectivity index (χ2n) is 5.81. The highest BCUT2D eigenvalue weighted by atomic mass is 16.6. The molecule has 0 fully saturated rings. The van der Waals surface area contributed by atoms with Gasteiger partial charge >= 0.3 is 0 Å². The standard InChI is InChI=1S/C18H22N4O5/c19-21-13-1-5-15(6-2-13)26-17(23)9-11-25-12-10-18(24)27-16-7-3-14(22-20)4-8-16/h1,3,5-8,17-18,23-24H,2,4,9-12H2. The number of nitrogens with zero attached hydrogens (tertiary/aromatic N) is 4. The summed E-state index contributed by atoms with van der Waals surface area (Å²) in [5.74, 6) is 1.00. The van der Waals surface area contributed by atoms with Crippen molar-refractivity contribution < 1.29 is 34.0 Å². The van der Waals surface area contributed by atoms with Gasteiger partial charge in [-0.05, 0) is 24.3 Å². The quantitative estimate of drug-likeness (QED) is 0.258. The molecule has 2 rings (SSSR count). The Morgan fingerprint density at radius 2 is 1.26 bits per heavy atom. The highest BCUT2D eigenvalue weighted by molar-refractivity contribution is 5.93. The summed E-state index contributed by atoms with van der Waals surface area (Å²) in [5, 5.41) is 19.6. The van der Waals surface area contributed by atoms with Crippen molar-refractivity contribution in [2.45, 2.75) is 38.3 Å².